The van der Waals surface area contributed by atoms with Gasteiger partial charge in [-0.25, -0.2) is 4.39 Å². The van der Waals surface area contributed by atoms with E-state index in [0.29, 0.717) is 5.69 Å². The molecule has 58 valence electrons. The number of terminal acetylenes is 1. The molecule has 0 bridgehead atoms. The number of halogens is 1. The van der Waals surface area contributed by atoms with Crippen molar-refractivity contribution in [1.82, 2.24) is 9.78 Å². The summed E-state index contributed by atoms with van der Waals surface area (Å²) in [4.78, 5) is 0. The summed E-state index contributed by atoms with van der Waals surface area (Å²) in [6.07, 6.45) is 5.16. The number of alkyl halides is 1. The maximum atomic E-state index is 11.9. The molecule has 0 aliphatic rings. The van der Waals surface area contributed by atoms with Gasteiger partial charge in [-0.2, -0.15) is 5.10 Å². The molecular formula is C8H9FN2. The van der Waals surface area contributed by atoms with Crippen LogP contribution in [-0.4, -0.2) is 16.5 Å². The van der Waals surface area contributed by atoms with Crippen molar-refractivity contribution in [1.29, 1.82) is 0 Å². The summed E-state index contributed by atoms with van der Waals surface area (Å²) in [6, 6.07) is 1.76. The molecule has 3 heteroatoms. The molecule has 2 nitrogen and oxygen atoms in total. The monoisotopic (exact) mass is 152 g/mol. The van der Waals surface area contributed by atoms with Gasteiger partial charge in [0.1, 0.15) is 12.4 Å². The molecule has 0 saturated carbocycles. The Morgan fingerprint density at radius 1 is 1.82 bits per heavy atom. The van der Waals surface area contributed by atoms with E-state index in [9.17, 15) is 4.39 Å². The highest BCUT2D eigenvalue weighted by atomic mass is 19.1. The van der Waals surface area contributed by atoms with Crippen LogP contribution in [-0.2, 0) is 6.54 Å². The molecule has 0 fully saturated rings. The SMILES string of the molecule is C#Cc1cc(C)nn1CCF. The molecule has 1 heterocycles. The van der Waals surface area contributed by atoms with Crippen LogP contribution in [0.1, 0.15) is 11.4 Å². The first-order valence-electron chi connectivity index (χ1n) is 3.35. The van der Waals surface area contributed by atoms with Crippen molar-refractivity contribution in [2.24, 2.45) is 0 Å². The minimum Gasteiger partial charge on any atom is -0.254 e. The number of aromatic nitrogens is 2. The summed E-state index contributed by atoms with van der Waals surface area (Å²) in [7, 11) is 0. The third-order valence-electron chi connectivity index (χ3n) is 1.35. The molecule has 1 aromatic rings. The third kappa shape index (κ3) is 1.58. The van der Waals surface area contributed by atoms with E-state index in [1.807, 2.05) is 6.92 Å². The largest absolute Gasteiger partial charge is 0.254 e. The fourth-order valence-corrected chi connectivity index (χ4v) is 0.912. The van der Waals surface area contributed by atoms with Gasteiger partial charge in [0.05, 0.1) is 12.2 Å². The molecule has 0 aromatic carbocycles. The summed E-state index contributed by atoms with van der Waals surface area (Å²) in [5.74, 6) is 2.44. The fraction of sp³-hybridized carbons (Fsp3) is 0.375. The Kier molecular flexibility index (Phi) is 2.27. The van der Waals surface area contributed by atoms with Gasteiger partial charge in [-0.15, -0.1) is 6.42 Å². The van der Waals surface area contributed by atoms with E-state index in [4.69, 9.17) is 6.42 Å². The predicted molar refractivity (Wildman–Crippen MR) is 40.9 cm³/mol. The van der Waals surface area contributed by atoms with Gasteiger partial charge in [-0.1, -0.05) is 5.92 Å². The molecule has 0 spiro atoms. The zero-order valence-electron chi connectivity index (χ0n) is 6.34. The van der Waals surface area contributed by atoms with Crippen LogP contribution < -0.4 is 0 Å². The number of rotatable bonds is 2. The zero-order chi connectivity index (χ0) is 8.27. The second kappa shape index (κ2) is 3.20. The quantitative estimate of drug-likeness (QED) is 0.581. The molecule has 0 radical (unpaired) electrons. The number of aryl methyl sites for hydroxylation is 2. The smallest absolute Gasteiger partial charge is 0.111 e. The Labute approximate surface area is 65.0 Å². The van der Waals surface area contributed by atoms with Crippen molar-refractivity contribution in [3.63, 3.8) is 0 Å². The van der Waals surface area contributed by atoms with E-state index in [-0.39, 0.29) is 6.54 Å². The first-order valence-corrected chi connectivity index (χ1v) is 3.35. The zero-order valence-corrected chi connectivity index (χ0v) is 6.34. The van der Waals surface area contributed by atoms with Gasteiger partial charge in [0.2, 0.25) is 0 Å². The van der Waals surface area contributed by atoms with Crippen molar-refractivity contribution < 1.29 is 4.39 Å². The van der Waals surface area contributed by atoms with E-state index >= 15 is 0 Å². The normalized spacial score (nSPS) is 9.55. The highest BCUT2D eigenvalue weighted by Gasteiger charge is 2.00. The summed E-state index contributed by atoms with van der Waals surface area (Å²) >= 11 is 0. The van der Waals surface area contributed by atoms with Gasteiger partial charge >= 0.3 is 0 Å². The van der Waals surface area contributed by atoms with Crippen molar-refractivity contribution in [2.75, 3.05) is 6.67 Å². The van der Waals surface area contributed by atoms with Gasteiger partial charge in [0.25, 0.3) is 0 Å². The Morgan fingerprint density at radius 3 is 3.09 bits per heavy atom. The number of hydrogen-bond donors (Lipinski definition) is 0. The average molecular weight is 152 g/mol. The van der Waals surface area contributed by atoms with Crippen molar-refractivity contribution >= 4 is 0 Å². The Balaban J connectivity index is 2.95. The summed E-state index contributed by atoms with van der Waals surface area (Å²) in [6.45, 7) is 1.64. The molecule has 0 amide bonds. The molecule has 0 aliphatic heterocycles. The number of hydrogen-bond acceptors (Lipinski definition) is 1. The maximum absolute atomic E-state index is 11.9. The number of nitrogens with zero attached hydrogens (tertiary/aromatic N) is 2. The molecule has 0 unspecified atom stereocenters. The van der Waals surface area contributed by atoms with Crippen LogP contribution >= 0.6 is 0 Å². The summed E-state index contributed by atoms with van der Waals surface area (Å²) in [5, 5.41) is 4.01. The second-order valence-electron chi connectivity index (χ2n) is 2.23. The van der Waals surface area contributed by atoms with Crippen molar-refractivity contribution in [3.05, 3.63) is 17.5 Å². The second-order valence-corrected chi connectivity index (χ2v) is 2.23. The molecular weight excluding hydrogens is 143 g/mol. The molecule has 0 atom stereocenters. The maximum Gasteiger partial charge on any atom is 0.111 e. The molecule has 0 saturated heterocycles. The van der Waals surface area contributed by atoms with Gasteiger partial charge in [-0.3, -0.25) is 4.68 Å². The van der Waals surface area contributed by atoms with Crippen LogP contribution in [0.4, 0.5) is 4.39 Å². The average Bonchev–Trinajstić information content (AvgIpc) is 2.32. The molecule has 0 N–H and O–H groups in total. The van der Waals surface area contributed by atoms with Crippen LogP contribution in [0.2, 0.25) is 0 Å². The highest BCUT2D eigenvalue weighted by molar-refractivity contribution is 5.26. The van der Waals surface area contributed by atoms with Gasteiger partial charge in [0, 0.05) is 0 Å². The van der Waals surface area contributed by atoms with Crippen LogP contribution in [0.25, 0.3) is 0 Å². The fourth-order valence-electron chi connectivity index (χ4n) is 0.912. The van der Waals surface area contributed by atoms with E-state index < -0.39 is 6.67 Å². The van der Waals surface area contributed by atoms with Crippen molar-refractivity contribution in [2.45, 2.75) is 13.5 Å². The first kappa shape index (κ1) is 7.80. The Morgan fingerprint density at radius 2 is 2.55 bits per heavy atom. The van der Waals surface area contributed by atoms with Crippen LogP contribution in [0.5, 0.6) is 0 Å². The standard InChI is InChI=1S/C8H9FN2/c1-3-8-6-7(2)10-11(8)5-4-9/h1,6H,4-5H2,2H3. The van der Waals surface area contributed by atoms with Crippen LogP contribution in [0, 0.1) is 19.3 Å². The lowest BCUT2D eigenvalue weighted by Crippen LogP contribution is -2.04. The Bertz CT molecular complexity index is 283. The molecule has 0 aliphatic carbocycles. The lowest BCUT2D eigenvalue weighted by molar-refractivity contribution is 0.425. The minimum atomic E-state index is -0.435. The first-order chi connectivity index (χ1) is 5.27. The topological polar surface area (TPSA) is 17.8 Å². The van der Waals surface area contributed by atoms with Gasteiger partial charge in [-0.05, 0) is 13.0 Å². The van der Waals surface area contributed by atoms with E-state index in [0.717, 1.165) is 5.69 Å². The molecule has 1 aromatic heterocycles. The van der Waals surface area contributed by atoms with Crippen LogP contribution in [0.3, 0.4) is 0 Å². The van der Waals surface area contributed by atoms with Crippen LogP contribution in [0.15, 0.2) is 6.07 Å². The lowest BCUT2D eigenvalue weighted by atomic mass is 10.4. The van der Waals surface area contributed by atoms with Gasteiger partial charge in [0.15, 0.2) is 0 Å². The van der Waals surface area contributed by atoms with E-state index in [2.05, 4.69) is 11.0 Å². The highest BCUT2D eigenvalue weighted by Crippen LogP contribution is 2.01. The Hall–Kier alpha value is -1.30. The summed E-state index contributed by atoms with van der Waals surface area (Å²) < 4.78 is 13.4. The predicted octanol–water partition coefficient (Wildman–Crippen LogP) is 1.14. The summed E-state index contributed by atoms with van der Waals surface area (Å²) in [5.41, 5.74) is 1.46. The molecule has 1 rings (SSSR count). The van der Waals surface area contributed by atoms with Crippen molar-refractivity contribution in [3.8, 4) is 12.3 Å². The van der Waals surface area contributed by atoms with E-state index in [1.165, 1.54) is 4.68 Å². The van der Waals surface area contributed by atoms with E-state index in [1.54, 1.807) is 6.07 Å². The van der Waals surface area contributed by atoms with Gasteiger partial charge < -0.3 is 0 Å². The minimum absolute atomic E-state index is 0.243. The third-order valence-corrected chi connectivity index (χ3v) is 1.35. The molecule has 11 heavy (non-hydrogen) atoms. The lowest BCUT2D eigenvalue weighted by Gasteiger charge is -1.96.